The number of carbonyl (C=O) groups is 2. The number of piperidine rings is 1. The van der Waals surface area contributed by atoms with E-state index in [9.17, 15) is 9.59 Å². The number of anilines is 6. The van der Waals surface area contributed by atoms with Gasteiger partial charge in [-0.15, -0.1) is 0 Å². The van der Waals surface area contributed by atoms with Gasteiger partial charge in [-0.2, -0.15) is 4.98 Å². The molecule has 2 fully saturated rings. The highest BCUT2D eigenvalue weighted by Crippen LogP contribution is 2.40. The van der Waals surface area contributed by atoms with E-state index in [1.54, 1.807) is 20.6 Å². The number of aromatic nitrogens is 3. The fraction of sp³-hybridized carbons (Fsp3) is 0.312. The number of likely N-dealkylation sites (tertiary alicyclic amines) is 1. The number of rotatable bonds is 9. The number of nitrogens with zero attached hydrogens (tertiary/aromatic N) is 8. The maximum Gasteiger partial charge on any atom is 0.414 e. The predicted molar refractivity (Wildman–Crippen MR) is 242 cm³/mol. The first-order chi connectivity index (χ1) is 30.3. The van der Waals surface area contributed by atoms with Gasteiger partial charge in [0.15, 0.2) is 0 Å². The molecule has 2 aromatic heterocycles. The van der Waals surface area contributed by atoms with Gasteiger partial charge in [0.1, 0.15) is 24.5 Å². The summed E-state index contributed by atoms with van der Waals surface area (Å²) in [6.07, 6.45) is 2.18. The van der Waals surface area contributed by atoms with Crippen LogP contribution >= 0.6 is 0 Å². The molecule has 0 radical (unpaired) electrons. The lowest BCUT2D eigenvalue weighted by Gasteiger charge is -2.38. The van der Waals surface area contributed by atoms with E-state index in [0.29, 0.717) is 66.5 Å². The number of nitrogens with one attached hydrogen (secondary N) is 1. The maximum atomic E-state index is 15.2. The summed E-state index contributed by atoms with van der Waals surface area (Å²) in [7, 11) is 2.15. The Morgan fingerprint density at radius 3 is 2.16 bits per heavy atom. The number of hydrogen-bond acceptors (Lipinski definition) is 11. The summed E-state index contributed by atoms with van der Waals surface area (Å²) in [5, 5.41) is 4.03. The zero-order chi connectivity index (χ0) is 42.6. The Balaban J connectivity index is 1.04. The molecule has 3 aliphatic heterocycles. The summed E-state index contributed by atoms with van der Waals surface area (Å²) >= 11 is 0. The molecule has 318 valence electrons. The third-order valence-corrected chi connectivity index (χ3v) is 12.0. The van der Waals surface area contributed by atoms with Crippen LogP contribution in [0.2, 0.25) is 0 Å². The summed E-state index contributed by atoms with van der Waals surface area (Å²) in [5.74, 6) is 0.351. The van der Waals surface area contributed by atoms with Crippen molar-refractivity contribution in [3.63, 3.8) is 0 Å². The topological polar surface area (TPSA) is 129 Å². The second kappa shape index (κ2) is 18.0. The molecule has 0 bridgehead atoms. The fourth-order valence-electron chi connectivity index (χ4n) is 8.66. The van der Waals surface area contributed by atoms with Gasteiger partial charge in [0.05, 0.1) is 17.4 Å². The molecule has 1 N–H and O–H groups in total. The van der Waals surface area contributed by atoms with Crippen LogP contribution in [0.5, 0.6) is 0 Å². The molecule has 3 aliphatic rings. The average molecular weight is 834 g/mol. The first-order valence-corrected chi connectivity index (χ1v) is 21.3. The second-order valence-electron chi connectivity index (χ2n) is 16.2. The Morgan fingerprint density at radius 1 is 0.758 bits per heavy atom. The van der Waals surface area contributed by atoms with Crippen molar-refractivity contribution in [2.45, 2.75) is 39.0 Å². The van der Waals surface area contributed by atoms with E-state index in [1.165, 1.54) is 0 Å². The molecular weight excluding hydrogens is 783 g/mol. The lowest BCUT2D eigenvalue weighted by molar-refractivity contribution is 0.0802. The quantitative estimate of drug-likeness (QED) is 0.153. The molecule has 0 aliphatic carbocycles. The van der Waals surface area contributed by atoms with Gasteiger partial charge in [0.25, 0.3) is 5.56 Å². The molecule has 0 spiro atoms. The zero-order valence-electron chi connectivity index (χ0n) is 35.2. The number of carbonyl (C=O) groups excluding carboxylic acids is 2. The normalized spacial score (nSPS) is 16.8. The molecule has 1 atom stereocenters. The first-order valence-electron chi connectivity index (χ1n) is 21.3. The number of ether oxygens (including phenoxy) is 2. The van der Waals surface area contributed by atoms with Gasteiger partial charge in [-0.05, 0) is 79.9 Å². The number of hydrogen-bond donors (Lipinski definition) is 1. The molecule has 2 amide bonds. The molecule has 0 saturated carbocycles. The molecule has 9 rings (SSSR count). The number of fused-ring (bicyclic) bond motifs is 2. The van der Waals surface area contributed by atoms with Crippen LogP contribution < -0.4 is 25.6 Å². The second-order valence-corrected chi connectivity index (χ2v) is 16.2. The summed E-state index contributed by atoms with van der Waals surface area (Å²) in [5.41, 5.74) is 6.68. The zero-order valence-corrected chi connectivity index (χ0v) is 35.2. The Labute approximate surface area is 360 Å². The van der Waals surface area contributed by atoms with Crippen LogP contribution in [0.1, 0.15) is 35.6 Å². The van der Waals surface area contributed by atoms with Gasteiger partial charge >= 0.3 is 12.2 Å². The van der Waals surface area contributed by atoms with Crippen LogP contribution in [0.25, 0.3) is 11.0 Å². The lowest BCUT2D eigenvalue weighted by atomic mass is 10.0. The summed E-state index contributed by atoms with van der Waals surface area (Å²) in [6, 6.07) is 34.7. The van der Waals surface area contributed by atoms with Gasteiger partial charge in [-0.1, -0.05) is 72.8 Å². The smallest absolute Gasteiger partial charge is 0.414 e. The minimum atomic E-state index is -0.455. The monoisotopic (exact) mass is 833 g/mol. The van der Waals surface area contributed by atoms with E-state index >= 15 is 4.79 Å². The van der Waals surface area contributed by atoms with Crippen LogP contribution in [0, 0.1) is 6.92 Å². The van der Waals surface area contributed by atoms with Crippen molar-refractivity contribution in [1.29, 1.82) is 0 Å². The number of piperazine rings is 1. The van der Waals surface area contributed by atoms with Gasteiger partial charge in [-0.3, -0.25) is 14.3 Å². The number of benzene rings is 4. The molecule has 4 aromatic carbocycles. The lowest BCUT2D eigenvalue weighted by Crippen LogP contribution is -2.46. The van der Waals surface area contributed by atoms with Crippen LogP contribution in [0.3, 0.4) is 0 Å². The largest absolute Gasteiger partial charge is 0.445 e. The van der Waals surface area contributed by atoms with Gasteiger partial charge in [-0.25, -0.2) is 14.6 Å². The maximum absolute atomic E-state index is 15.2. The highest BCUT2D eigenvalue weighted by Gasteiger charge is 2.34. The Morgan fingerprint density at radius 2 is 1.45 bits per heavy atom. The molecule has 0 unspecified atom stereocenters. The van der Waals surface area contributed by atoms with E-state index in [1.807, 2.05) is 109 Å². The highest BCUT2D eigenvalue weighted by atomic mass is 16.6. The average Bonchev–Trinajstić information content (AvgIpc) is 3.31. The number of aryl methyl sites for hydroxylation is 1. The molecule has 14 nitrogen and oxygen atoms in total. The van der Waals surface area contributed by atoms with Crippen LogP contribution in [-0.4, -0.2) is 95.9 Å². The van der Waals surface area contributed by atoms with Crippen molar-refractivity contribution in [2.24, 2.45) is 0 Å². The van der Waals surface area contributed by atoms with E-state index < -0.39 is 18.2 Å². The fourth-order valence-corrected chi connectivity index (χ4v) is 8.66. The molecule has 2 saturated heterocycles. The first kappa shape index (κ1) is 40.5. The SMILES string of the molecule is Cc1cccc2c1N(C(=O)OCc1ccccc1)CCN2c1cc2cnc(Nc3ccc(N4CCN(C)CC4)cc3)nc2n([C@@H]2CCCN(C(=O)OCc3ccccc3)C2)c1=O. The minimum Gasteiger partial charge on any atom is -0.445 e. The summed E-state index contributed by atoms with van der Waals surface area (Å²) in [6.45, 7) is 7.66. The standard InChI is InChI=1S/C48H51N9O5/c1-34-11-9-17-41-43(34)56(48(60)62-33-36-14-7-4-8-15-36)28-27-55(41)42-29-37-30-49-46(50-38-18-20-39(21-19-38)53-25-23-52(2)24-26-53)51-44(37)57(45(42)58)40-16-10-22-54(31-40)47(59)61-32-35-12-5-3-6-13-35/h3-9,11-15,17-21,29-30,40H,10,16,22-28,31-33H2,1-2H3,(H,49,50,51)/t40-/m1/s1. The van der Waals surface area contributed by atoms with E-state index in [0.717, 1.165) is 54.2 Å². The van der Waals surface area contributed by atoms with E-state index in [-0.39, 0.29) is 25.3 Å². The number of para-hydroxylation sites is 1. The van der Waals surface area contributed by atoms with E-state index in [2.05, 4.69) is 34.3 Å². The van der Waals surface area contributed by atoms with Gasteiger partial charge < -0.3 is 34.4 Å². The number of likely N-dealkylation sites (N-methyl/N-ethyl adjacent to an activating group) is 1. The minimum absolute atomic E-state index is 0.146. The van der Waals surface area contributed by atoms with Crippen LogP contribution in [0.4, 0.5) is 44.0 Å². The van der Waals surface area contributed by atoms with Crippen LogP contribution in [-0.2, 0) is 22.7 Å². The van der Waals surface area contributed by atoms with Gasteiger partial charge in [0.2, 0.25) is 5.95 Å². The molecule has 5 heterocycles. The molecular formula is C48H51N9O5. The molecule has 6 aromatic rings. The Hall–Kier alpha value is -6.93. The van der Waals surface area contributed by atoms with Crippen molar-refractivity contribution in [2.75, 3.05) is 79.4 Å². The summed E-state index contributed by atoms with van der Waals surface area (Å²) in [4.78, 5) is 62.2. The van der Waals surface area contributed by atoms with Crippen LogP contribution in [0.15, 0.2) is 120 Å². The Bertz CT molecular complexity index is 2600. The van der Waals surface area contributed by atoms with Crippen molar-refractivity contribution >= 4 is 57.6 Å². The number of pyridine rings is 1. The predicted octanol–water partition coefficient (Wildman–Crippen LogP) is 7.86. The van der Waals surface area contributed by atoms with E-state index in [4.69, 9.17) is 19.4 Å². The highest BCUT2D eigenvalue weighted by molar-refractivity contribution is 5.97. The Kier molecular flexibility index (Phi) is 11.7. The molecule has 14 heteroatoms. The van der Waals surface area contributed by atoms with Crippen molar-refractivity contribution in [3.05, 3.63) is 142 Å². The van der Waals surface area contributed by atoms with Crippen molar-refractivity contribution < 1.29 is 19.1 Å². The van der Waals surface area contributed by atoms with Crippen molar-refractivity contribution in [3.8, 4) is 0 Å². The van der Waals surface area contributed by atoms with Gasteiger partial charge in [0, 0.05) is 75.3 Å². The third-order valence-electron chi connectivity index (χ3n) is 12.0. The van der Waals surface area contributed by atoms with Crippen molar-refractivity contribution in [1.82, 2.24) is 24.3 Å². The third kappa shape index (κ3) is 8.64. The summed E-state index contributed by atoms with van der Waals surface area (Å²) < 4.78 is 13.3. The molecule has 62 heavy (non-hydrogen) atoms. The number of amides is 2.